The van der Waals surface area contributed by atoms with Gasteiger partial charge in [-0.05, 0) is 30.5 Å². The van der Waals surface area contributed by atoms with Crippen LogP contribution in [-0.4, -0.2) is 18.1 Å². The predicted octanol–water partition coefficient (Wildman–Crippen LogP) is 3.84. The van der Waals surface area contributed by atoms with E-state index in [9.17, 15) is 0 Å². The third-order valence-electron chi connectivity index (χ3n) is 3.43. The fraction of sp³-hybridized carbons (Fsp3) is 0.438. The first-order chi connectivity index (χ1) is 9.58. The zero-order valence-electron chi connectivity index (χ0n) is 12.6. The number of nitrogens with one attached hydrogen (secondary N) is 1. The van der Waals surface area contributed by atoms with Gasteiger partial charge in [0.15, 0.2) is 0 Å². The van der Waals surface area contributed by atoms with Gasteiger partial charge in [0.05, 0.1) is 11.7 Å². The van der Waals surface area contributed by atoms with Crippen molar-refractivity contribution in [3.63, 3.8) is 0 Å². The zero-order chi connectivity index (χ0) is 14.5. The maximum atomic E-state index is 4.43. The van der Waals surface area contributed by atoms with Gasteiger partial charge >= 0.3 is 0 Å². The number of pyridine rings is 1. The number of hydrogen-bond acceptors (Lipinski definition) is 4. The number of hydrogen-bond donors (Lipinski definition) is 1. The van der Waals surface area contributed by atoms with Crippen molar-refractivity contribution in [1.82, 2.24) is 10.3 Å². The van der Waals surface area contributed by atoms with Crippen molar-refractivity contribution in [3.8, 4) is 0 Å². The van der Waals surface area contributed by atoms with Crippen LogP contribution in [0.1, 0.15) is 37.4 Å². The number of anilines is 1. The summed E-state index contributed by atoms with van der Waals surface area (Å²) in [6.07, 6.45) is 1.89. The smallest absolute Gasteiger partial charge is 0.0603 e. The molecule has 0 bridgehead atoms. The predicted molar refractivity (Wildman–Crippen MR) is 87.3 cm³/mol. The third kappa shape index (κ3) is 3.81. The molecule has 108 valence electrons. The normalized spacial score (nSPS) is 12.7. The van der Waals surface area contributed by atoms with E-state index in [2.05, 4.69) is 72.7 Å². The second kappa shape index (κ2) is 6.86. The molecule has 3 nitrogen and oxygen atoms in total. The highest BCUT2D eigenvalue weighted by Crippen LogP contribution is 2.28. The molecule has 0 amide bonds. The van der Waals surface area contributed by atoms with E-state index in [4.69, 9.17) is 0 Å². The van der Waals surface area contributed by atoms with Crippen molar-refractivity contribution in [2.24, 2.45) is 0 Å². The molecule has 1 atom stereocenters. The van der Waals surface area contributed by atoms with Crippen molar-refractivity contribution in [2.45, 2.75) is 39.4 Å². The van der Waals surface area contributed by atoms with Gasteiger partial charge in [0, 0.05) is 36.4 Å². The van der Waals surface area contributed by atoms with Crippen LogP contribution >= 0.6 is 11.3 Å². The molecule has 0 spiro atoms. The number of aromatic nitrogens is 1. The molecule has 4 heteroatoms. The fourth-order valence-electron chi connectivity index (χ4n) is 2.03. The van der Waals surface area contributed by atoms with Gasteiger partial charge in [0.2, 0.25) is 0 Å². The van der Waals surface area contributed by atoms with Crippen LogP contribution in [0, 0.1) is 0 Å². The van der Waals surface area contributed by atoms with E-state index in [1.54, 1.807) is 11.3 Å². The summed E-state index contributed by atoms with van der Waals surface area (Å²) in [4.78, 5) is 8.11. The van der Waals surface area contributed by atoms with Crippen LogP contribution < -0.4 is 10.2 Å². The van der Waals surface area contributed by atoms with Gasteiger partial charge in [-0.3, -0.25) is 4.98 Å². The molecule has 1 N–H and O–H groups in total. The van der Waals surface area contributed by atoms with Crippen molar-refractivity contribution in [2.75, 3.05) is 11.9 Å². The Morgan fingerprint density at radius 2 is 2.10 bits per heavy atom. The molecule has 0 fully saturated rings. The summed E-state index contributed by atoms with van der Waals surface area (Å²) in [7, 11) is 2.14. The maximum absolute atomic E-state index is 4.43. The molecule has 0 aromatic carbocycles. The first-order valence-corrected chi connectivity index (χ1v) is 7.90. The summed E-state index contributed by atoms with van der Waals surface area (Å²) in [5.74, 6) is 0. The van der Waals surface area contributed by atoms with Crippen LogP contribution in [0.25, 0.3) is 0 Å². The highest BCUT2D eigenvalue weighted by atomic mass is 32.1. The Morgan fingerprint density at radius 3 is 2.75 bits per heavy atom. The lowest BCUT2D eigenvalue weighted by molar-refractivity contribution is 0.581. The monoisotopic (exact) mass is 289 g/mol. The van der Waals surface area contributed by atoms with Gasteiger partial charge in [0.1, 0.15) is 0 Å². The van der Waals surface area contributed by atoms with E-state index >= 15 is 0 Å². The molecular formula is C16H23N3S. The number of nitrogens with zero attached hydrogens (tertiary/aromatic N) is 2. The molecule has 0 saturated carbocycles. The van der Waals surface area contributed by atoms with Crippen molar-refractivity contribution in [1.29, 1.82) is 0 Å². The molecular weight excluding hydrogens is 266 g/mol. The van der Waals surface area contributed by atoms with Gasteiger partial charge < -0.3 is 10.2 Å². The van der Waals surface area contributed by atoms with E-state index < -0.39 is 0 Å². The summed E-state index contributed by atoms with van der Waals surface area (Å²) in [5, 5.41) is 5.53. The van der Waals surface area contributed by atoms with Crippen LogP contribution in [0.2, 0.25) is 0 Å². The Morgan fingerprint density at radius 1 is 1.30 bits per heavy atom. The van der Waals surface area contributed by atoms with Crippen LogP contribution in [-0.2, 0) is 6.54 Å². The molecule has 0 aliphatic heterocycles. The van der Waals surface area contributed by atoms with Crippen LogP contribution in [0.5, 0.6) is 0 Å². The molecule has 2 rings (SSSR count). The van der Waals surface area contributed by atoms with Gasteiger partial charge in [0.25, 0.3) is 0 Å². The molecule has 0 aliphatic rings. The molecule has 20 heavy (non-hydrogen) atoms. The van der Waals surface area contributed by atoms with Gasteiger partial charge in [-0.25, -0.2) is 0 Å². The standard InChI is InChI=1S/C16H23N3S/c1-12(2)18-11-14-10-15(7-8-17-14)19(4)13(3)16-6-5-9-20-16/h5-10,12-13,18H,11H2,1-4H3. The first kappa shape index (κ1) is 15.0. The van der Waals surface area contributed by atoms with Gasteiger partial charge in [-0.2, -0.15) is 0 Å². The molecule has 0 radical (unpaired) electrons. The Balaban J connectivity index is 2.09. The second-order valence-corrected chi connectivity index (χ2v) is 6.32. The lowest BCUT2D eigenvalue weighted by atomic mass is 10.2. The van der Waals surface area contributed by atoms with Crippen molar-refractivity contribution < 1.29 is 0 Å². The van der Waals surface area contributed by atoms with E-state index in [1.165, 1.54) is 10.6 Å². The van der Waals surface area contributed by atoms with E-state index in [0.717, 1.165) is 12.2 Å². The molecule has 0 aliphatic carbocycles. The second-order valence-electron chi connectivity index (χ2n) is 5.34. The number of rotatable bonds is 6. The topological polar surface area (TPSA) is 28.2 Å². The quantitative estimate of drug-likeness (QED) is 0.876. The van der Waals surface area contributed by atoms with E-state index in [1.807, 2.05) is 6.20 Å². The molecule has 2 aromatic heterocycles. The minimum Gasteiger partial charge on any atom is -0.367 e. The lowest BCUT2D eigenvalue weighted by Gasteiger charge is -2.26. The first-order valence-electron chi connectivity index (χ1n) is 7.02. The Labute approximate surface area is 125 Å². The van der Waals surface area contributed by atoms with Crippen molar-refractivity contribution >= 4 is 17.0 Å². The molecule has 2 heterocycles. The minimum atomic E-state index is 0.378. The Kier molecular flexibility index (Phi) is 5.15. The zero-order valence-corrected chi connectivity index (χ0v) is 13.4. The summed E-state index contributed by atoms with van der Waals surface area (Å²) < 4.78 is 0. The summed E-state index contributed by atoms with van der Waals surface area (Å²) in [6, 6.07) is 9.39. The van der Waals surface area contributed by atoms with Crippen LogP contribution in [0.15, 0.2) is 35.8 Å². The van der Waals surface area contributed by atoms with E-state index in [-0.39, 0.29) is 0 Å². The fourth-order valence-corrected chi connectivity index (χ4v) is 2.86. The largest absolute Gasteiger partial charge is 0.367 e. The Bertz CT molecular complexity index is 522. The van der Waals surface area contributed by atoms with Crippen LogP contribution in [0.3, 0.4) is 0 Å². The molecule has 1 unspecified atom stereocenters. The maximum Gasteiger partial charge on any atom is 0.0603 e. The third-order valence-corrected chi connectivity index (χ3v) is 4.48. The minimum absolute atomic E-state index is 0.378. The summed E-state index contributed by atoms with van der Waals surface area (Å²) in [5.41, 5.74) is 2.29. The Hall–Kier alpha value is -1.39. The lowest BCUT2D eigenvalue weighted by Crippen LogP contribution is -2.24. The summed E-state index contributed by atoms with van der Waals surface area (Å²) in [6.45, 7) is 7.34. The SMILES string of the molecule is CC(C)NCc1cc(N(C)C(C)c2cccs2)ccn1. The molecule has 0 saturated heterocycles. The van der Waals surface area contributed by atoms with Gasteiger partial charge in [-0.15, -0.1) is 11.3 Å². The van der Waals surface area contributed by atoms with E-state index in [0.29, 0.717) is 12.1 Å². The highest BCUT2D eigenvalue weighted by Gasteiger charge is 2.13. The average Bonchev–Trinajstić information content (AvgIpc) is 2.98. The highest BCUT2D eigenvalue weighted by molar-refractivity contribution is 7.10. The molecule has 2 aromatic rings. The summed E-state index contributed by atoms with van der Waals surface area (Å²) >= 11 is 1.80. The van der Waals surface area contributed by atoms with Crippen LogP contribution in [0.4, 0.5) is 5.69 Å². The average molecular weight is 289 g/mol. The van der Waals surface area contributed by atoms with Crippen molar-refractivity contribution in [3.05, 3.63) is 46.4 Å². The number of thiophene rings is 1. The van der Waals surface area contributed by atoms with Gasteiger partial charge in [-0.1, -0.05) is 19.9 Å².